The maximum atomic E-state index is 12.2. The van der Waals surface area contributed by atoms with Gasteiger partial charge in [0.25, 0.3) is 0 Å². The number of carbonyl (C=O) groups is 1. The summed E-state index contributed by atoms with van der Waals surface area (Å²) in [7, 11) is 0. The first kappa shape index (κ1) is 13.1. The molecule has 0 spiro atoms. The molecule has 2 aromatic rings. The van der Waals surface area contributed by atoms with Crippen LogP contribution in [0.3, 0.4) is 0 Å². The summed E-state index contributed by atoms with van der Waals surface area (Å²) >= 11 is 0. The molecule has 5 nitrogen and oxygen atoms in total. The molecule has 5 heteroatoms. The van der Waals surface area contributed by atoms with Crippen molar-refractivity contribution in [3.63, 3.8) is 0 Å². The van der Waals surface area contributed by atoms with Crippen LogP contribution in [-0.2, 0) is 11.3 Å². The molecule has 1 N–H and O–H groups in total. The van der Waals surface area contributed by atoms with E-state index in [1.807, 2.05) is 46.9 Å². The Morgan fingerprint density at radius 3 is 3.00 bits per heavy atom. The summed E-state index contributed by atoms with van der Waals surface area (Å²) in [6.45, 7) is 4.41. The highest BCUT2D eigenvalue weighted by Crippen LogP contribution is 2.11. The zero-order chi connectivity index (χ0) is 13.9. The average Bonchev–Trinajstić information content (AvgIpc) is 3.13. The first-order valence-electron chi connectivity index (χ1n) is 7.19. The number of hydrogen-bond donors (Lipinski definition) is 1. The van der Waals surface area contributed by atoms with Gasteiger partial charge in [-0.15, -0.1) is 0 Å². The summed E-state index contributed by atoms with van der Waals surface area (Å²) in [5.41, 5.74) is 2.20. The van der Waals surface area contributed by atoms with Crippen LogP contribution >= 0.6 is 0 Å². The average molecular weight is 272 g/mol. The van der Waals surface area contributed by atoms with E-state index in [-0.39, 0.29) is 11.9 Å². The minimum Gasteiger partial charge on any atom is -0.341 e. The second kappa shape index (κ2) is 5.63. The number of pyridine rings is 1. The van der Waals surface area contributed by atoms with Crippen LogP contribution in [0.4, 0.5) is 0 Å². The van der Waals surface area contributed by atoms with Gasteiger partial charge in [0.1, 0.15) is 0 Å². The number of hydrogen-bond acceptors (Lipinski definition) is 3. The molecule has 2 aromatic heterocycles. The maximum Gasteiger partial charge on any atom is 0.239 e. The number of fused-ring (bicyclic) bond motifs is 1. The van der Waals surface area contributed by atoms with E-state index in [1.54, 1.807) is 0 Å². The van der Waals surface area contributed by atoms with E-state index < -0.39 is 0 Å². The molecule has 106 valence electrons. The highest BCUT2D eigenvalue weighted by Gasteiger charge is 2.22. The predicted octanol–water partition coefficient (Wildman–Crippen LogP) is 1.43. The summed E-state index contributed by atoms with van der Waals surface area (Å²) in [4.78, 5) is 14.2. The third-order valence-electron chi connectivity index (χ3n) is 3.89. The minimum atomic E-state index is -0.147. The SMILES string of the molecule is CC(NCc1cnn2ccccc12)C(=O)N1CCCC1. The number of nitrogens with one attached hydrogen (secondary N) is 1. The van der Waals surface area contributed by atoms with Crippen molar-refractivity contribution in [2.45, 2.75) is 32.4 Å². The number of aromatic nitrogens is 2. The van der Waals surface area contributed by atoms with E-state index in [1.165, 1.54) is 0 Å². The van der Waals surface area contributed by atoms with Crippen LogP contribution in [0, 0.1) is 0 Å². The van der Waals surface area contributed by atoms with Gasteiger partial charge in [-0.25, -0.2) is 4.52 Å². The molecule has 0 bridgehead atoms. The second-order valence-electron chi connectivity index (χ2n) is 5.34. The van der Waals surface area contributed by atoms with Crippen LogP contribution in [0.2, 0.25) is 0 Å². The Bertz CT molecular complexity index is 601. The lowest BCUT2D eigenvalue weighted by Crippen LogP contribution is -2.43. The van der Waals surface area contributed by atoms with Gasteiger partial charge in [-0.1, -0.05) is 6.07 Å². The lowest BCUT2D eigenvalue weighted by molar-refractivity contribution is -0.131. The number of nitrogens with zero attached hydrogens (tertiary/aromatic N) is 3. The van der Waals surface area contributed by atoms with E-state index in [2.05, 4.69) is 10.4 Å². The Kier molecular flexibility index (Phi) is 3.69. The molecule has 0 aliphatic carbocycles. The highest BCUT2D eigenvalue weighted by molar-refractivity contribution is 5.81. The largest absolute Gasteiger partial charge is 0.341 e. The fourth-order valence-corrected chi connectivity index (χ4v) is 2.69. The van der Waals surface area contributed by atoms with Crippen molar-refractivity contribution in [2.75, 3.05) is 13.1 Å². The van der Waals surface area contributed by atoms with Gasteiger partial charge in [-0.2, -0.15) is 5.10 Å². The van der Waals surface area contributed by atoms with Gasteiger partial charge in [0, 0.05) is 31.4 Å². The van der Waals surface area contributed by atoms with Crippen molar-refractivity contribution in [3.8, 4) is 0 Å². The Morgan fingerprint density at radius 1 is 1.40 bits per heavy atom. The molecule has 1 aliphatic heterocycles. The lowest BCUT2D eigenvalue weighted by atomic mass is 10.2. The Balaban J connectivity index is 1.62. The summed E-state index contributed by atoms with van der Waals surface area (Å²) in [5, 5.41) is 7.61. The Hall–Kier alpha value is -1.88. The molecule has 3 rings (SSSR count). The summed E-state index contributed by atoms with van der Waals surface area (Å²) in [6.07, 6.45) is 6.05. The second-order valence-corrected chi connectivity index (χ2v) is 5.34. The Morgan fingerprint density at radius 2 is 2.20 bits per heavy atom. The molecule has 1 saturated heterocycles. The molecule has 0 aromatic carbocycles. The molecule has 20 heavy (non-hydrogen) atoms. The van der Waals surface area contributed by atoms with Crippen molar-refractivity contribution < 1.29 is 4.79 Å². The quantitative estimate of drug-likeness (QED) is 0.916. The van der Waals surface area contributed by atoms with Crippen LogP contribution in [0.5, 0.6) is 0 Å². The monoisotopic (exact) mass is 272 g/mol. The number of rotatable bonds is 4. The molecular formula is C15H20N4O. The van der Waals surface area contributed by atoms with Crippen molar-refractivity contribution in [3.05, 3.63) is 36.2 Å². The van der Waals surface area contributed by atoms with Crippen molar-refractivity contribution in [1.29, 1.82) is 0 Å². The number of likely N-dealkylation sites (tertiary alicyclic amines) is 1. The van der Waals surface area contributed by atoms with Gasteiger partial charge in [-0.3, -0.25) is 4.79 Å². The van der Waals surface area contributed by atoms with Crippen LogP contribution < -0.4 is 5.32 Å². The van der Waals surface area contributed by atoms with Crippen molar-refractivity contribution in [1.82, 2.24) is 19.8 Å². The predicted molar refractivity (Wildman–Crippen MR) is 77.3 cm³/mol. The Labute approximate surface area is 118 Å². The van der Waals surface area contributed by atoms with Gasteiger partial charge in [0.15, 0.2) is 0 Å². The topological polar surface area (TPSA) is 49.6 Å². The van der Waals surface area contributed by atoms with Gasteiger partial charge >= 0.3 is 0 Å². The molecule has 1 aliphatic rings. The van der Waals surface area contributed by atoms with Crippen molar-refractivity contribution in [2.24, 2.45) is 0 Å². The molecule has 0 saturated carbocycles. The first-order valence-corrected chi connectivity index (χ1v) is 7.19. The standard InChI is InChI=1S/C15H20N4O/c1-12(15(20)18-7-4-5-8-18)16-10-13-11-17-19-9-3-2-6-14(13)19/h2-3,6,9,11-12,16H,4-5,7-8,10H2,1H3. The third-order valence-corrected chi connectivity index (χ3v) is 3.89. The van der Waals surface area contributed by atoms with E-state index in [4.69, 9.17) is 0 Å². The van der Waals surface area contributed by atoms with Crippen LogP contribution in [-0.4, -0.2) is 39.6 Å². The van der Waals surface area contributed by atoms with E-state index in [9.17, 15) is 4.79 Å². The molecule has 1 unspecified atom stereocenters. The van der Waals surface area contributed by atoms with Crippen LogP contribution in [0.1, 0.15) is 25.3 Å². The van der Waals surface area contributed by atoms with Gasteiger partial charge in [-0.05, 0) is 31.9 Å². The minimum absolute atomic E-state index is 0.147. The van der Waals surface area contributed by atoms with Crippen LogP contribution in [0.15, 0.2) is 30.6 Å². The third kappa shape index (κ3) is 2.54. The summed E-state index contributed by atoms with van der Waals surface area (Å²) < 4.78 is 1.85. The molecular weight excluding hydrogens is 252 g/mol. The summed E-state index contributed by atoms with van der Waals surface area (Å²) in [5.74, 6) is 0.207. The number of carbonyl (C=O) groups excluding carboxylic acids is 1. The molecule has 1 fully saturated rings. The summed E-state index contributed by atoms with van der Waals surface area (Å²) in [6, 6.07) is 5.85. The fourth-order valence-electron chi connectivity index (χ4n) is 2.69. The van der Waals surface area contributed by atoms with E-state index in [0.717, 1.165) is 37.0 Å². The smallest absolute Gasteiger partial charge is 0.239 e. The van der Waals surface area contributed by atoms with Crippen LogP contribution in [0.25, 0.3) is 5.52 Å². The lowest BCUT2D eigenvalue weighted by Gasteiger charge is -2.21. The van der Waals surface area contributed by atoms with Crippen molar-refractivity contribution >= 4 is 11.4 Å². The normalized spacial score (nSPS) is 16.8. The van der Waals surface area contributed by atoms with Gasteiger partial charge in [0.2, 0.25) is 5.91 Å². The van der Waals surface area contributed by atoms with Gasteiger partial charge < -0.3 is 10.2 Å². The first-order chi connectivity index (χ1) is 9.75. The van der Waals surface area contributed by atoms with Gasteiger partial charge in [0.05, 0.1) is 17.8 Å². The zero-order valence-electron chi connectivity index (χ0n) is 11.7. The number of amides is 1. The van der Waals surface area contributed by atoms with E-state index in [0.29, 0.717) is 6.54 Å². The highest BCUT2D eigenvalue weighted by atomic mass is 16.2. The van der Waals surface area contributed by atoms with E-state index >= 15 is 0 Å². The zero-order valence-corrected chi connectivity index (χ0v) is 11.7. The molecule has 3 heterocycles. The fraction of sp³-hybridized carbons (Fsp3) is 0.467. The molecule has 1 atom stereocenters. The molecule has 1 amide bonds. The maximum absolute atomic E-state index is 12.2. The molecule has 0 radical (unpaired) electrons.